The molecular weight excluding hydrogens is 307 g/mol. The monoisotopic (exact) mass is 330 g/mol. The first-order valence-corrected chi connectivity index (χ1v) is 7.41. The summed E-state index contributed by atoms with van der Waals surface area (Å²) < 4.78 is 19.2. The van der Waals surface area contributed by atoms with Gasteiger partial charge in [-0.05, 0) is 44.4 Å². The second-order valence-corrected chi connectivity index (χ2v) is 5.62. The molecule has 0 bridgehead atoms. The van der Waals surface area contributed by atoms with Crippen LogP contribution in [0.3, 0.4) is 0 Å². The van der Waals surface area contributed by atoms with Crippen LogP contribution in [0.25, 0.3) is 0 Å². The molecule has 3 N–H and O–H groups in total. The van der Waals surface area contributed by atoms with Crippen LogP contribution in [-0.2, 0) is 4.79 Å². The number of carbonyl (C=O) groups is 1. The summed E-state index contributed by atoms with van der Waals surface area (Å²) >= 11 is 0. The second kappa shape index (κ2) is 8.34. The lowest BCUT2D eigenvalue weighted by atomic mass is 9.94. The molecule has 0 heterocycles. The summed E-state index contributed by atoms with van der Waals surface area (Å²) in [7, 11) is 1.49. The van der Waals surface area contributed by atoms with Crippen LogP contribution >= 0.6 is 12.4 Å². The van der Waals surface area contributed by atoms with Gasteiger partial charge in [0.05, 0.1) is 18.7 Å². The lowest BCUT2D eigenvalue weighted by molar-refractivity contribution is -0.126. The first kappa shape index (κ1) is 18.7. The van der Waals surface area contributed by atoms with Crippen LogP contribution in [0.1, 0.15) is 37.8 Å². The average molecular weight is 331 g/mol. The fraction of sp³-hybridized carbons (Fsp3) is 0.562. The van der Waals surface area contributed by atoms with Crippen LogP contribution in [0.4, 0.5) is 4.39 Å². The number of nitrogens with two attached hydrogens (primary N) is 1. The van der Waals surface area contributed by atoms with Crippen molar-refractivity contribution in [1.29, 1.82) is 0 Å². The first-order valence-electron chi connectivity index (χ1n) is 7.41. The SMILES string of the molecule is COc1cccc(F)c1C(C)NC(=O)[C@@H]1CCC[C@@H]1CN.Cl. The van der Waals surface area contributed by atoms with Gasteiger partial charge in [-0.25, -0.2) is 4.39 Å². The van der Waals surface area contributed by atoms with Gasteiger partial charge >= 0.3 is 0 Å². The van der Waals surface area contributed by atoms with E-state index >= 15 is 0 Å². The van der Waals surface area contributed by atoms with Gasteiger partial charge in [0.2, 0.25) is 5.91 Å². The minimum atomic E-state index is -0.437. The van der Waals surface area contributed by atoms with E-state index in [-0.39, 0.29) is 36.0 Å². The third-order valence-corrected chi connectivity index (χ3v) is 4.32. The van der Waals surface area contributed by atoms with E-state index in [2.05, 4.69) is 5.32 Å². The smallest absolute Gasteiger partial charge is 0.223 e. The van der Waals surface area contributed by atoms with Crippen molar-refractivity contribution in [3.8, 4) is 5.75 Å². The van der Waals surface area contributed by atoms with E-state index < -0.39 is 6.04 Å². The van der Waals surface area contributed by atoms with Crippen LogP contribution in [0.15, 0.2) is 18.2 Å². The van der Waals surface area contributed by atoms with E-state index in [1.807, 2.05) is 0 Å². The Morgan fingerprint density at radius 1 is 1.50 bits per heavy atom. The van der Waals surface area contributed by atoms with E-state index in [1.54, 1.807) is 19.1 Å². The summed E-state index contributed by atoms with van der Waals surface area (Å²) in [6, 6.07) is 4.22. The van der Waals surface area contributed by atoms with Gasteiger partial charge in [-0.1, -0.05) is 12.5 Å². The van der Waals surface area contributed by atoms with Gasteiger partial charge < -0.3 is 15.8 Å². The molecule has 22 heavy (non-hydrogen) atoms. The fourth-order valence-corrected chi connectivity index (χ4v) is 3.17. The van der Waals surface area contributed by atoms with Gasteiger partial charge in [-0.3, -0.25) is 4.79 Å². The topological polar surface area (TPSA) is 64.3 Å². The summed E-state index contributed by atoms with van der Waals surface area (Å²) in [4.78, 5) is 12.4. The van der Waals surface area contributed by atoms with Crippen molar-refractivity contribution in [1.82, 2.24) is 5.32 Å². The highest BCUT2D eigenvalue weighted by Crippen LogP contribution is 2.33. The highest BCUT2D eigenvalue weighted by atomic mass is 35.5. The van der Waals surface area contributed by atoms with E-state index in [4.69, 9.17) is 10.5 Å². The van der Waals surface area contributed by atoms with Crippen molar-refractivity contribution >= 4 is 18.3 Å². The fourth-order valence-electron chi connectivity index (χ4n) is 3.17. The maximum atomic E-state index is 14.0. The van der Waals surface area contributed by atoms with Crippen molar-refractivity contribution in [2.24, 2.45) is 17.6 Å². The summed E-state index contributed by atoms with van der Waals surface area (Å²) in [5.74, 6) is 0.212. The molecule has 0 spiro atoms. The Morgan fingerprint density at radius 3 is 2.86 bits per heavy atom. The Labute approximate surface area is 137 Å². The molecule has 1 aliphatic carbocycles. The van der Waals surface area contributed by atoms with Gasteiger partial charge in [0, 0.05) is 5.92 Å². The van der Waals surface area contributed by atoms with Crippen molar-refractivity contribution in [3.63, 3.8) is 0 Å². The van der Waals surface area contributed by atoms with Gasteiger partial charge in [-0.2, -0.15) is 0 Å². The zero-order valence-electron chi connectivity index (χ0n) is 13.0. The molecule has 1 fully saturated rings. The number of methoxy groups -OCH3 is 1. The molecule has 1 unspecified atom stereocenters. The van der Waals surface area contributed by atoms with Crippen LogP contribution in [0.5, 0.6) is 5.75 Å². The molecule has 2 rings (SSSR count). The Hall–Kier alpha value is -1.33. The number of hydrogen-bond donors (Lipinski definition) is 2. The normalized spacial score (nSPS) is 21.8. The largest absolute Gasteiger partial charge is 0.496 e. The zero-order chi connectivity index (χ0) is 15.4. The molecule has 1 aromatic rings. The highest BCUT2D eigenvalue weighted by Gasteiger charge is 2.33. The number of amides is 1. The lowest BCUT2D eigenvalue weighted by Crippen LogP contribution is -2.36. The van der Waals surface area contributed by atoms with E-state index in [9.17, 15) is 9.18 Å². The number of rotatable bonds is 5. The minimum Gasteiger partial charge on any atom is -0.496 e. The molecule has 1 amide bonds. The standard InChI is InChI=1S/C16H23FN2O2.ClH/c1-10(15-13(17)7-4-8-14(15)21-2)19-16(20)12-6-3-5-11(12)9-18;/h4,7-8,10-12H,3,5-6,9,18H2,1-2H3,(H,19,20);1H/t10?,11-,12-;/m1./s1. The van der Waals surface area contributed by atoms with Crippen LogP contribution < -0.4 is 15.8 Å². The summed E-state index contributed by atoms with van der Waals surface area (Å²) in [6.07, 6.45) is 2.87. The summed E-state index contributed by atoms with van der Waals surface area (Å²) in [5.41, 5.74) is 6.10. The maximum Gasteiger partial charge on any atom is 0.223 e. The van der Waals surface area contributed by atoms with E-state index in [0.29, 0.717) is 17.9 Å². The molecule has 1 aliphatic rings. The Balaban J connectivity index is 0.00000242. The van der Waals surface area contributed by atoms with Crippen LogP contribution in [-0.4, -0.2) is 19.6 Å². The number of halogens is 2. The quantitative estimate of drug-likeness (QED) is 0.872. The number of nitrogens with one attached hydrogen (secondary N) is 1. The Kier molecular flexibility index (Phi) is 7.10. The average Bonchev–Trinajstić information content (AvgIpc) is 2.95. The predicted molar refractivity (Wildman–Crippen MR) is 86.6 cm³/mol. The molecule has 0 saturated heterocycles. The molecule has 124 valence electrons. The molecule has 0 aliphatic heterocycles. The van der Waals surface area contributed by atoms with Gasteiger partial charge in [0.25, 0.3) is 0 Å². The minimum absolute atomic E-state index is 0. The Bertz CT molecular complexity index is 513. The van der Waals surface area contributed by atoms with Crippen molar-refractivity contribution < 1.29 is 13.9 Å². The summed E-state index contributed by atoms with van der Waals surface area (Å²) in [6.45, 7) is 2.29. The van der Waals surface area contributed by atoms with Gasteiger partial charge in [-0.15, -0.1) is 12.4 Å². The highest BCUT2D eigenvalue weighted by molar-refractivity contribution is 5.85. The number of hydrogen-bond acceptors (Lipinski definition) is 3. The first-order chi connectivity index (χ1) is 10.1. The third-order valence-electron chi connectivity index (χ3n) is 4.32. The number of ether oxygens (including phenoxy) is 1. The Morgan fingerprint density at radius 2 is 2.23 bits per heavy atom. The predicted octanol–water partition coefficient (Wildman–Crippen LogP) is 2.81. The van der Waals surface area contributed by atoms with Crippen LogP contribution in [0, 0.1) is 17.7 Å². The zero-order valence-corrected chi connectivity index (χ0v) is 13.8. The van der Waals surface area contributed by atoms with Crippen molar-refractivity contribution in [2.45, 2.75) is 32.2 Å². The molecule has 1 aromatic carbocycles. The molecule has 3 atom stereocenters. The molecule has 4 nitrogen and oxygen atoms in total. The molecule has 0 radical (unpaired) electrons. The molecule has 6 heteroatoms. The van der Waals surface area contributed by atoms with E-state index in [0.717, 1.165) is 19.3 Å². The third kappa shape index (κ3) is 3.90. The summed E-state index contributed by atoms with van der Waals surface area (Å²) in [5, 5.41) is 2.90. The maximum absolute atomic E-state index is 14.0. The molecular formula is C16H24ClFN2O2. The van der Waals surface area contributed by atoms with E-state index in [1.165, 1.54) is 13.2 Å². The van der Waals surface area contributed by atoms with Gasteiger partial charge in [0.15, 0.2) is 0 Å². The van der Waals surface area contributed by atoms with Crippen molar-refractivity contribution in [2.75, 3.05) is 13.7 Å². The molecule has 0 aromatic heterocycles. The lowest BCUT2D eigenvalue weighted by Gasteiger charge is -2.22. The number of benzene rings is 1. The van der Waals surface area contributed by atoms with Gasteiger partial charge in [0.1, 0.15) is 11.6 Å². The second-order valence-electron chi connectivity index (χ2n) is 5.62. The van der Waals surface area contributed by atoms with Crippen LogP contribution in [0.2, 0.25) is 0 Å². The van der Waals surface area contributed by atoms with Crippen molar-refractivity contribution in [3.05, 3.63) is 29.6 Å². The number of carbonyl (C=O) groups excluding carboxylic acids is 1. The molecule has 1 saturated carbocycles.